The summed E-state index contributed by atoms with van der Waals surface area (Å²) >= 11 is 0. The molecule has 0 aromatic carbocycles. The maximum atomic E-state index is 10.4. The minimum Gasteiger partial charge on any atom is -0.466 e. The molecule has 0 atom stereocenters. The lowest BCUT2D eigenvalue weighted by atomic mass is 10.3. The summed E-state index contributed by atoms with van der Waals surface area (Å²) in [5.74, 6) is -0.463. The fraction of sp³-hybridized carbons (Fsp3) is 0.824. The van der Waals surface area contributed by atoms with Crippen LogP contribution in [0.5, 0.6) is 0 Å². The van der Waals surface area contributed by atoms with Gasteiger partial charge in [-0.2, -0.15) is 0 Å². The Balaban J connectivity index is -0.000000262. The van der Waals surface area contributed by atoms with Gasteiger partial charge in [0.2, 0.25) is 0 Å². The van der Waals surface area contributed by atoms with Crippen LogP contribution in [0.25, 0.3) is 0 Å². The molecule has 0 fully saturated rings. The third-order valence-electron chi connectivity index (χ3n) is 2.07. The SMILES string of the molecule is CCCC(=O)OCC.CCCCOC(C)=O.CCCOC(C)=O. The molecule has 0 radical (unpaired) electrons. The van der Waals surface area contributed by atoms with Crippen molar-refractivity contribution < 1.29 is 28.6 Å². The molecule has 6 nitrogen and oxygen atoms in total. The van der Waals surface area contributed by atoms with Crippen molar-refractivity contribution in [3.63, 3.8) is 0 Å². The quantitative estimate of drug-likeness (QED) is 0.383. The van der Waals surface area contributed by atoms with Crippen molar-refractivity contribution in [2.75, 3.05) is 19.8 Å². The molecular weight excluding hydrogens is 300 g/mol. The Hall–Kier alpha value is -1.59. The van der Waals surface area contributed by atoms with Gasteiger partial charge in [0.05, 0.1) is 19.8 Å². The summed E-state index contributed by atoms with van der Waals surface area (Å²) in [5.41, 5.74) is 0. The molecule has 0 aliphatic carbocycles. The fourth-order valence-corrected chi connectivity index (χ4v) is 1.04. The highest BCUT2D eigenvalue weighted by Gasteiger charge is 1.95. The van der Waals surface area contributed by atoms with Gasteiger partial charge < -0.3 is 14.2 Å². The lowest BCUT2D eigenvalue weighted by molar-refractivity contribution is -0.143. The van der Waals surface area contributed by atoms with E-state index in [0.717, 1.165) is 25.7 Å². The molecule has 23 heavy (non-hydrogen) atoms. The number of rotatable bonds is 8. The standard InChI is InChI=1S/2C6H12O2.C5H10O2/c1-3-4-5-8-6(2)7;1-3-5-6(7)8-4-2;1-3-4-7-5(2)6/h2*3-5H2,1-2H3;3-4H2,1-2H3. The monoisotopic (exact) mass is 334 g/mol. The first-order valence-electron chi connectivity index (χ1n) is 8.27. The van der Waals surface area contributed by atoms with Crippen LogP contribution in [-0.2, 0) is 28.6 Å². The van der Waals surface area contributed by atoms with Gasteiger partial charge in [-0.15, -0.1) is 0 Å². The molecule has 0 spiro atoms. The van der Waals surface area contributed by atoms with Crippen LogP contribution in [0.1, 0.15) is 73.6 Å². The molecule has 138 valence electrons. The van der Waals surface area contributed by atoms with Gasteiger partial charge in [0.25, 0.3) is 0 Å². The van der Waals surface area contributed by atoms with Gasteiger partial charge in [0.1, 0.15) is 0 Å². The minimum absolute atomic E-state index is 0.0880. The van der Waals surface area contributed by atoms with Gasteiger partial charge in [0.15, 0.2) is 0 Å². The first-order valence-corrected chi connectivity index (χ1v) is 8.27. The Morgan fingerprint density at radius 1 is 0.696 bits per heavy atom. The van der Waals surface area contributed by atoms with Gasteiger partial charge in [-0.1, -0.05) is 27.2 Å². The lowest BCUT2D eigenvalue weighted by Crippen LogP contribution is -2.01. The van der Waals surface area contributed by atoms with Crippen LogP contribution < -0.4 is 0 Å². The maximum absolute atomic E-state index is 10.4. The van der Waals surface area contributed by atoms with Crippen molar-refractivity contribution in [3.05, 3.63) is 0 Å². The predicted octanol–water partition coefficient (Wildman–Crippen LogP) is 3.66. The van der Waals surface area contributed by atoms with E-state index in [4.69, 9.17) is 0 Å². The van der Waals surface area contributed by atoms with E-state index in [1.54, 1.807) is 0 Å². The average molecular weight is 334 g/mol. The Kier molecular flexibility index (Phi) is 26.0. The molecule has 0 saturated heterocycles. The topological polar surface area (TPSA) is 78.9 Å². The van der Waals surface area contributed by atoms with Crippen molar-refractivity contribution in [1.82, 2.24) is 0 Å². The zero-order valence-electron chi connectivity index (χ0n) is 15.6. The van der Waals surface area contributed by atoms with E-state index in [2.05, 4.69) is 21.1 Å². The molecule has 0 heterocycles. The molecule has 0 aromatic heterocycles. The predicted molar refractivity (Wildman–Crippen MR) is 90.0 cm³/mol. The zero-order chi connectivity index (χ0) is 18.5. The molecule has 0 amide bonds. The van der Waals surface area contributed by atoms with Crippen LogP contribution in [0.2, 0.25) is 0 Å². The summed E-state index contributed by atoms with van der Waals surface area (Å²) in [5, 5.41) is 0. The van der Waals surface area contributed by atoms with E-state index in [1.165, 1.54) is 13.8 Å². The second kappa shape index (κ2) is 22.7. The highest BCUT2D eigenvalue weighted by atomic mass is 16.5. The maximum Gasteiger partial charge on any atom is 0.305 e. The number of unbranched alkanes of at least 4 members (excludes halogenated alkanes) is 1. The van der Waals surface area contributed by atoms with E-state index in [1.807, 2.05) is 20.8 Å². The number of ether oxygens (including phenoxy) is 3. The van der Waals surface area contributed by atoms with Crippen LogP contribution in [0.4, 0.5) is 0 Å². The minimum atomic E-state index is -0.193. The van der Waals surface area contributed by atoms with E-state index >= 15 is 0 Å². The highest BCUT2D eigenvalue weighted by molar-refractivity contribution is 5.69. The van der Waals surface area contributed by atoms with E-state index < -0.39 is 0 Å². The largest absolute Gasteiger partial charge is 0.466 e. The summed E-state index contributed by atoms with van der Waals surface area (Å²) < 4.78 is 13.8. The van der Waals surface area contributed by atoms with Crippen molar-refractivity contribution >= 4 is 17.9 Å². The van der Waals surface area contributed by atoms with E-state index in [0.29, 0.717) is 26.2 Å². The van der Waals surface area contributed by atoms with Gasteiger partial charge in [-0.25, -0.2) is 0 Å². The second-order valence-corrected chi connectivity index (χ2v) is 4.59. The third kappa shape index (κ3) is 38.5. The Bertz CT molecular complexity index is 281. The Labute approximate surface area is 140 Å². The first kappa shape index (κ1) is 26.3. The second-order valence-electron chi connectivity index (χ2n) is 4.59. The molecule has 0 aliphatic rings. The van der Waals surface area contributed by atoms with Crippen molar-refractivity contribution in [2.24, 2.45) is 0 Å². The van der Waals surface area contributed by atoms with Gasteiger partial charge >= 0.3 is 17.9 Å². The third-order valence-corrected chi connectivity index (χ3v) is 2.07. The zero-order valence-corrected chi connectivity index (χ0v) is 15.6. The van der Waals surface area contributed by atoms with Gasteiger partial charge in [-0.3, -0.25) is 14.4 Å². The van der Waals surface area contributed by atoms with Crippen LogP contribution in [-0.4, -0.2) is 37.7 Å². The van der Waals surface area contributed by atoms with E-state index in [-0.39, 0.29) is 17.9 Å². The molecule has 0 rings (SSSR count). The van der Waals surface area contributed by atoms with Gasteiger partial charge in [0, 0.05) is 20.3 Å². The molecule has 0 aliphatic heterocycles. The van der Waals surface area contributed by atoms with Crippen LogP contribution in [0.15, 0.2) is 0 Å². The van der Waals surface area contributed by atoms with Crippen LogP contribution >= 0.6 is 0 Å². The Morgan fingerprint density at radius 2 is 1.22 bits per heavy atom. The first-order chi connectivity index (χ1) is 10.8. The summed E-state index contributed by atoms with van der Waals surface area (Å²) in [6.45, 7) is 12.3. The average Bonchev–Trinajstić information content (AvgIpc) is 2.47. The summed E-state index contributed by atoms with van der Waals surface area (Å²) in [7, 11) is 0. The van der Waals surface area contributed by atoms with Crippen LogP contribution in [0.3, 0.4) is 0 Å². The van der Waals surface area contributed by atoms with Crippen molar-refractivity contribution in [2.45, 2.75) is 73.6 Å². The highest BCUT2D eigenvalue weighted by Crippen LogP contribution is 1.89. The molecule has 0 N–H and O–H groups in total. The van der Waals surface area contributed by atoms with E-state index in [9.17, 15) is 14.4 Å². The summed E-state index contributed by atoms with van der Waals surface area (Å²) in [6, 6.07) is 0. The molecule has 0 aromatic rings. The molecule has 0 unspecified atom stereocenters. The number of esters is 3. The normalized spacial score (nSPS) is 8.61. The molecule has 6 heteroatoms. The molecule has 0 saturated carbocycles. The smallest absolute Gasteiger partial charge is 0.305 e. The Morgan fingerprint density at radius 3 is 1.52 bits per heavy atom. The number of carbonyl (C=O) groups is 3. The molecular formula is C17H34O6. The molecule has 0 bridgehead atoms. The van der Waals surface area contributed by atoms with Crippen LogP contribution in [0, 0.1) is 0 Å². The number of hydrogen-bond donors (Lipinski definition) is 0. The summed E-state index contributed by atoms with van der Waals surface area (Å²) in [6.07, 6.45) is 4.37. The van der Waals surface area contributed by atoms with Gasteiger partial charge in [-0.05, 0) is 26.2 Å². The van der Waals surface area contributed by atoms with Crippen molar-refractivity contribution in [1.29, 1.82) is 0 Å². The number of carbonyl (C=O) groups excluding carboxylic acids is 3. The fourth-order valence-electron chi connectivity index (χ4n) is 1.04. The van der Waals surface area contributed by atoms with Crippen molar-refractivity contribution in [3.8, 4) is 0 Å². The lowest BCUT2D eigenvalue weighted by Gasteiger charge is -1.96. The number of hydrogen-bond acceptors (Lipinski definition) is 6. The summed E-state index contributed by atoms with van der Waals surface area (Å²) in [4.78, 5) is 30.5.